The molecule has 82 valence electrons. The molecule has 1 heterocycles. The lowest BCUT2D eigenvalue weighted by Crippen LogP contribution is -2.36. The maximum Gasteiger partial charge on any atom is 0.114 e. The van der Waals surface area contributed by atoms with Crippen molar-refractivity contribution < 1.29 is 5.11 Å². The number of hydrogen-bond acceptors (Lipinski definition) is 2. The molecule has 0 amide bonds. The summed E-state index contributed by atoms with van der Waals surface area (Å²) in [6.07, 6.45) is 2.12. The number of aliphatic hydroxyl groups excluding tert-OH is 1. The fourth-order valence-electron chi connectivity index (χ4n) is 2.25. The molecule has 1 fully saturated rings. The molecule has 1 aromatic rings. The third kappa shape index (κ3) is 2.39. The second kappa shape index (κ2) is 4.77. The average molecular weight is 205 g/mol. The largest absolute Gasteiger partial charge is 0.378 e. The lowest BCUT2D eigenvalue weighted by molar-refractivity contribution is 0.00261. The number of aliphatic hydroxyl groups is 1. The van der Waals surface area contributed by atoms with E-state index in [9.17, 15) is 5.11 Å². The molecule has 1 aliphatic rings. The number of nitrogens with zero attached hydrogens (tertiary/aromatic N) is 1. The Bertz CT molecular complexity index is 293. The first-order valence-corrected chi connectivity index (χ1v) is 5.76. The summed E-state index contributed by atoms with van der Waals surface area (Å²) in [5.74, 6) is 0.198. The van der Waals surface area contributed by atoms with E-state index in [1.807, 2.05) is 18.2 Å². The highest BCUT2D eigenvalue weighted by Gasteiger charge is 2.25. The summed E-state index contributed by atoms with van der Waals surface area (Å²) in [6.45, 7) is 4.18. The molecule has 2 heteroatoms. The summed E-state index contributed by atoms with van der Waals surface area (Å²) in [5, 5.41) is 10.2. The minimum atomic E-state index is -0.324. The van der Waals surface area contributed by atoms with Crippen molar-refractivity contribution in [3.63, 3.8) is 0 Å². The van der Waals surface area contributed by atoms with Crippen molar-refractivity contribution in [2.24, 2.45) is 0 Å². The third-order valence-corrected chi connectivity index (χ3v) is 3.29. The molecule has 1 aliphatic heterocycles. The van der Waals surface area contributed by atoms with E-state index in [0.29, 0.717) is 0 Å². The van der Waals surface area contributed by atoms with E-state index >= 15 is 0 Å². The van der Waals surface area contributed by atoms with Gasteiger partial charge in [-0.1, -0.05) is 37.3 Å². The SMILES string of the molecule is CC(c1ccccc1)C(O)N1CCCC1. The normalized spacial score (nSPS) is 21.5. The Labute approximate surface area is 91.5 Å². The monoisotopic (exact) mass is 205 g/mol. The van der Waals surface area contributed by atoms with Crippen LogP contribution < -0.4 is 0 Å². The quantitative estimate of drug-likeness (QED) is 0.817. The predicted octanol–water partition coefficient (Wildman–Crippen LogP) is 2.20. The van der Waals surface area contributed by atoms with E-state index in [2.05, 4.69) is 24.0 Å². The number of rotatable bonds is 3. The van der Waals surface area contributed by atoms with Crippen LogP contribution in [0.25, 0.3) is 0 Å². The zero-order chi connectivity index (χ0) is 10.7. The van der Waals surface area contributed by atoms with E-state index < -0.39 is 0 Å². The molecule has 1 saturated heterocycles. The molecule has 0 aliphatic carbocycles. The Morgan fingerprint density at radius 1 is 1.13 bits per heavy atom. The molecule has 2 rings (SSSR count). The zero-order valence-electron chi connectivity index (χ0n) is 9.26. The van der Waals surface area contributed by atoms with Crippen molar-refractivity contribution >= 4 is 0 Å². The van der Waals surface area contributed by atoms with Crippen molar-refractivity contribution in [2.75, 3.05) is 13.1 Å². The number of likely N-dealkylation sites (tertiary alicyclic amines) is 1. The molecule has 1 N–H and O–H groups in total. The van der Waals surface area contributed by atoms with Gasteiger partial charge in [-0.3, -0.25) is 4.90 Å². The van der Waals surface area contributed by atoms with Gasteiger partial charge >= 0.3 is 0 Å². The summed E-state index contributed by atoms with van der Waals surface area (Å²) in [6, 6.07) is 10.2. The van der Waals surface area contributed by atoms with Gasteiger partial charge in [-0.2, -0.15) is 0 Å². The Hall–Kier alpha value is -0.860. The molecule has 1 aromatic carbocycles. The van der Waals surface area contributed by atoms with Gasteiger partial charge < -0.3 is 5.11 Å². The molecule has 2 atom stereocenters. The lowest BCUT2D eigenvalue weighted by Gasteiger charge is -2.28. The molecule has 2 nitrogen and oxygen atoms in total. The number of hydrogen-bond donors (Lipinski definition) is 1. The standard InChI is InChI=1S/C13H19NO/c1-11(12-7-3-2-4-8-12)13(15)14-9-5-6-10-14/h2-4,7-8,11,13,15H,5-6,9-10H2,1H3. The Morgan fingerprint density at radius 2 is 1.73 bits per heavy atom. The molecular weight excluding hydrogens is 186 g/mol. The van der Waals surface area contributed by atoms with Crippen LogP contribution in [0.3, 0.4) is 0 Å². The smallest absolute Gasteiger partial charge is 0.114 e. The van der Waals surface area contributed by atoms with E-state index in [0.717, 1.165) is 13.1 Å². The molecule has 2 unspecified atom stereocenters. The molecule has 0 bridgehead atoms. The summed E-state index contributed by atoms with van der Waals surface area (Å²) in [5.41, 5.74) is 1.22. The van der Waals surface area contributed by atoms with Crippen LogP contribution in [0.2, 0.25) is 0 Å². The second-order valence-corrected chi connectivity index (χ2v) is 4.36. The van der Waals surface area contributed by atoms with Gasteiger partial charge in [0, 0.05) is 19.0 Å². The van der Waals surface area contributed by atoms with Gasteiger partial charge in [0.2, 0.25) is 0 Å². The molecule has 0 radical (unpaired) electrons. The molecule has 0 spiro atoms. The molecule has 15 heavy (non-hydrogen) atoms. The predicted molar refractivity (Wildman–Crippen MR) is 61.7 cm³/mol. The highest BCUT2D eigenvalue weighted by atomic mass is 16.3. The van der Waals surface area contributed by atoms with Gasteiger partial charge in [0.25, 0.3) is 0 Å². The highest BCUT2D eigenvalue weighted by Crippen LogP contribution is 2.23. The van der Waals surface area contributed by atoms with E-state index in [4.69, 9.17) is 0 Å². The first-order chi connectivity index (χ1) is 7.29. The summed E-state index contributed by atoms with van der Waals surface area (Å²) < 4.78 is 0. The first kappa shape index (κ1) is 10.7. The Balaban J connectivity index is 2.03. The van der Waals surface area contributed by atoms with Gasteiger partial charge in [0.05, 0.1) is 0 Å². The van der Waals surface area contributed by atoms with Crippen molar-refractivity contribution in [1.82, 2.24) is 4.90 Å². The minimum absolute atomic E-state index is 0.198. The van der Waals surface area contributed by atoms with Crippen LogP contribution in [-0.2, 0) is 0 Å². The minimum Gasteiger partial charge on any atom is -0.378 e. The van der Waals surface area contributed by atoms with Crippen molar-refractivity contribution in [3.05, 3.63) is 35.9 Å². The van der Waals surface area contributed by atoms with Crippen LogP contribution in [0.1, 0.15) is 31.2 Å². The maximum absolute atomic E-state index is 10.2. The summed E-state index contributed by atoms with van der Waals surface area (Å²) in [4.78, 5) is 2.18. The lowest BCUT2D eigenvalue weighted by atomic mass is 9.99. The highest BCUT2D eigenvalue weighted by molar-refractivity contribution is 5.19. The van der Waals surface area contributed by atoms with E-state index in [1.54, 1.807) is 0 Å². The van der Waals surface area contributed by atoms with Crippen LogP contribution in [0.4, 0.5) is 0 Å². The van der Waals surface area contributed by atoms with Crippen molar-refractivity contribution in [3.8, 4) is 0 Å². The Kier molecular flexibility index (Phi) is 3.39. The zero-order valence-corrected chi connectivity index (χ0v) is 9.26. The third-order valence-electron chi connectivity index (χ3n) is 3.29. The maximum atomic E-state index is 10.2. The van der Waals surface area contributed by atoms with Gasteiger partial charge in [-0.25, -0.2) is 0 Å². The fraction of sp³-hybridized carbons (Fsp3) is 0.538. The van der Waals surface area contributed by atoms with E-state index in [1.165, 1.54) is 18.4 Å². The Morgan fingerprint density at radius 3 is 2.33 bits per heavy atom. The van der Waals surface area contributed by atoms with Gasteiger partial charge in [-0.15, -0.1) is 0 Å². The second-order valence-electron chi connectivity index (χ2n) is 4.36. The topological polar surface area (TPSA) is 23.5 Å². The van der Waals surface area contributed by atoms with Crippen LogP contribution in [0.5, 0.6) is 0 Å². The van der Waals surface area contributed by atoms with Crippen LogP contribution in [0, 0.1) is 0 Å². The van der Waals surface area contributed by atoms with Crippen molar-refractivity contribution in [2.45, 2.75) is 31.9 Å². The summed E-state index contributed by atoms with van der Waals surface area (Å²) >= 11 is 0. The van der Waals surface area contributed by atoms with Crippen LogP contribution in [0.15, 0.2) is 30.3 Å². The molecule has 0 aromatic heterocycles. The van der Waals surface area contributed by atoms with Crippen LogP contribution in [-0.4, -0.2) is 29.3 Å². The summed E-state index contributed by atoms with van der Waals surface area (Å²) in [7, 11) is 0. The fourth-order valence-corrected chi connectivity index (χ4v) is 2.25. The average Bonchev–Trinajstić information content (AvgIpc) is 2.82. The van der Waals surface area contributed by atoms with Gasteiger partial charge in [0.15, 0.2) is 0 Å². The van der Waals surface area contributed by atoms with Gasteiger partial charge in [0.1, 0.15) is 6.23 Å². The van der Waals surface area contributed by atoms with Crippen LogP contribution >= 0.6 is 0 Å². The first-order valence-electron chi connectivity index (χ1n) is 5.76. The van der Waals surface area contributed by atoms with E-state index in [-0.39, 0.29) is 12.1 Å². The van der Waals surface area contributed by atoms with Gasteiger partial charge in [-0.05, 0) is 18.4 Å². The number of benzene rings is 1. The molecular formula is C13H19NO. The van der Waals surface area contributed by atoms with Crippen molar-refractivity contribution in [1.29, 1.82) is 0 Å². The molecule has 0 saturated carbocycles.